The number of rotatable bonds is 12. The van der Waals surface area contributed by atoms with E-state index in [0.29, 0.717) is 10.9 Å². The number of nitrogens with one attached hydrogen (secondary N) is 2. The van der Waals surface area contributed by atoms with Gasteiger partial charge in [-0.3, -0.25) is 14.4 Å². The third-order valence-corrected chi connectivity index (χ3v) is 10.1. The number of hydrogen-bond acceptors (Lipinski definition) is 16. The molecule has 4 heterocycles. The zero-order valence-electron chi connectivity index (χ0n) is 25.4. The molecule has 1 aromatic carbocycles. The van der Waals surface area contributed by atoms with Crippen molar-refractivity contribution in [2.75, 3.05) is 30.3 Å². The summed E-state index contributed by atoms with van der Waals surface area (Å²) < 4.78 is 10.7. The van der Waals surface area contributed by atoms with E-state index in [4.69, 9.17) is 15.3 Å². The number of para-hydroxylation sites is 1. The Bertz CT molecular complexity index is 1660. The molecule has 2 saturated heterocycles. The summed E-state index contributed by atoms with van der Waals surface area (Å²) in [7, 11) is 0. The van der Waals surface area contributed by atoms with Gasteiger partial charge in [0.15, 0.2) is 10.9 Å². The number of anilines is 1. The maximum absolute atomic E-state index is 13.3. The Kier molecular flexibility index (Phi) is 10.2. The average molecular weight is 706 g/mol. The molecule has 2 aliphatic heterocycles. The van der Waals surface area contributed by atoms with Crippen LogP contribution in [0.5, 0.6) is 5.75 Å². The topological polar surface area (TPSA) is 242 Å². The number of ether oxygens (including phenoxy) is 1. The fraction of sp³-hybridized carbons (Fsp3) is 0.462. The van der Waals surface area contributed by atoms with Gasteiger partial charge >= 0.3 is 12.1 Å². The number of aromatic nitrogens is 6. The summed E-state index contributed by atoms with van der Waals surface area (Å²) in [4.78, 5) is 61.9. The Hall–Kier alpha value is -4.50. The number of tetrazole rings is 1. The molecular formula is C26H31N11O7S3. The SMILES string of the molecule is CC(C)(C)OC(=O)NCCn1nnnc1SCC1(C(=O)O)CS[C@@H]2C(NC(=O)C(=NOc3ccccc3)c3nsc(N)n3)C(=O)N2C1. The van der Waals surface area contributed by atoms with Gasteiger partial charge in [0.05, 0.1) is 6.54 Å². The Morgan fingerprint density at radius 2 is 2.02 bits per heavy atom. The first-order chi connectivity index (χ1) is 22.3. The standard InChI is InChI=1S/C26H31N11O7S3/c1-25(2,3)43-24(42)28-9-10-37-23(31-34-35-37)46-13-26(21(40)41)11-36-19(39)16(20(36)45-12-26)29-18(38)15(17-30-22(27)47-33-17)32-44-14-7-5-4-6-8-14/h4-8,16,20H,9-13H2,1-3H3,(H,28,42)(H,29,38)(H,40,41)(H2,27,30,33)/t16?,20-,26?/m1/s1. The molecule has 18 nitrogen and oxygen atoms in total. The fourth-order valence-corrected chi connectivity index (χ4v) is 7.63. The summed E-state index contributed by atoms with van der Waals surface area (Å²) in [6.07, 6.45) is -0.583. The number of thioether (sulfide) groups is 2. The predicted octanol–water partition coefficient (Wildman–Crippen LogP) is 0.678. The molecule has 0 aliphatic carbocycles. The fourth-order valence-electron chi connectivity index (χ4n) is 4.43. The lowest BCUT2D eigenvalue weighted by molar-refractivity contribution is -0.157. The third kappa shape index (κ3) is 8.08. The number of hydrogen-bond donors (Lipinski definition) is 4. The minimum absolute atomic E-state index is 0.0628. The monoisotopic (exact) mass is 705 g/mol. The zero-order valence-corrected chi connectivity index (χ0v) is 27.8. The Balaban J connectivity index is 1.19. The van der Waals surface area contributed by atoms with Crippen LogP contribution in [0.3, 0.4) is 0 Å². The van der Waals surface area contributed by atoms with Gasteiger partial charge in [0.25, 0.3) is 5.91 Å². The highest BCUT2D eigenvalue weighted by atomic mass is 32.2. The molecule has 2 aromatic heterocycles. The number of benzene rings is 1. The number of oxime groups is 1. The molecule has 5 N–H and O–H groups in total. The van der Waals surface area contributed by atoms with E-state index in [0.717, 1.165) is 23.3 Å². The van der Waals surface area contributed by atoms with E-state index in [9.17, 15) is 24.3 Å². The van der Waals surface area contributed by atoms with Crippen molar-refractivity contribution in [2.24, 2.45) is 10.6 Å². The smallest absolute Gasteiger partial charge is 0.407 e. The second-order valence-corrected chi connectivity index (χ2v) is 14.2. The summed E-state index contributed by atoms with van der Waals surface area (Å²) in [6, 6.07) is 7.61. The maximum Gasteiger partial charge on any atom is 0.407 e. The molecule has 0 saturated carbocycles. The first kappa shape index (κ1) is 33.9. The molecule has 0 bridgehead atoms. The first-order valence-electron chi connectivity index (χ1n) is 14.1. The highest BCUT2D eigenvalue weighted by molar-refractivity contribution is 8.00. The number of nitrogen functional groups attached to an aromatic ring is 1. The van der Waals surface area contributed by atoms with Crippen LogP contribution in [-0.4, -0.2) is 111 Å². The van der Waals surface area contributed by atoms with Crippen LogP contribution < -0.4 is 21.2 Å². The number of amides is 3. The Morgan fingerprint density at radius 3 is 2.70 bits per heavy atom. The van der Waals surface area contributed by atoms with Gasteiger partial charge in [0.2, 0.25) is 22.6 Å². The molecule has 2 aliphatic rings. The maximum atomic E-state index is 13.3. The normalized spacial score (nSPS) is 21.0. The van der Waals surface area contributed by atoms with Crippen molar-refractivity contribution in [3.8, 4) is 5.75 Å². The summed E-state index contributed by atoms with van der Waals surface area (Å²) in [5.41, 5.74) is 3.47. The summed E-state index contributed by atoms with van der Waals surface area (Å²) in [5.74, 6) is -1.77. The number of carbonyl (C=O) groups is 4. The van der Waals surface area contributed by atoms with Crippen molar-refractivity contribution < 1.29 is 33.9 Å². The van der Waals surface area contributed by atoms with Gasteiger partial charge in [-0.2, -0.15) is 9.36 Å². The van der Waals surface area contributed by atoms with E-state index in [1.807, 2.05) is 0 Å². The quantitative estimate of drug-likeness (QED) is 0.0876. The van der Waals surface area contributed by atoms with Crippen LogP contribution >= 0.6 is 35.1 Å². The molecule has 0 spiro atoms. The van der Waals surface area contributed by atoms with E-state index in [1.54, 1.807) is 51.1 Å². The summed E-state index contributed by atoms with van der Waals surface area (Å²) >= 11 is 3.24. The number of nitrogens with two attached hydrogens (primary N) is 1. The molecule has 2 fully saturated rings. The van der Waals surface area contributed by atoms with Crippen LogP contribution in [0.4, 0.5) is 9.93 Å². The molecule has 3 atom stereocenters. The summed E-state index contributed by atoms with van der Waals surface area (Å²) in [5, 5.41) is 31.0. The molecule has 21 heteroatoms. The highest BCUT2D eigenvalue weighted by Crippen LogP contribution is 2.44. The van der Waals surface area contributed by atoms with Crippen molar-refractivity contribution in [1.29, 1.82) is 0 Å². The number of nitrogens with zero attached hydrogens (tertiary/aromatic N) is 8. The van der Waals surface area contributed by atoms with E-state index < -0.39 is 46.3 Å². The van der Waals surface area contributed by atoms with Crippen LogP contribution in [0.25, 0.3) is 0 Å². The van der Waals surface area contributed by atoms with Gasteiger partial charge in [0, 0.05) is 36.1 Å². The largest absolute Gasteiger partial charge is 0.481 e. The lowest BCUT2D eigenvalue weighted by Crippen LogP contribution is -2.74. The molecule has 5 rings (SSSR count). The van der Waals surface area contributed by atoms with Gasteiger partial charge in [0.1, 0.15) is 22.4 Å². The van der Waals surface area contributed by atoms with Gasteiger partial charge in [-0.1, -0.05) is 35.1 Å². The number of β-lactam (4-membered cyclic amide) rings is 1. The Labute approximate surface area is 280 Å². The lowest BCUT2D eigenvalue weighted by atomic mass is 9.89. The third-order valence-electron chi connectivity index (χ3n) is 6.71. The average Bonchev–Trinajstić information content (AvgIpc) is 3.66. The van der Waals surface area contributed by atoms with Gasteiger partial charge in [-0.25, -0.2) is 9.48 Å². The number of carbonyl (C=O) groups excluding carboxylic acids is 3. The summed E-state index contributed by atoms with van der Waals surface area (Å²) in [6.45, 7) is 5.59. The number of fused-ring (bicyclic) bond motifs is 1. The van der Waals surface area contributed by atoms with Crippen LogP contribution in [-0.2, 0) is 25.7 Å². The van der Waals surface area contributed by atoms with Crippen LogP contribution in [0.1, 0.15) is 26.6 Å². The molecular weight excluding hydrogens is 675 g/mol. The van der Waals surface area contributed by atoms with E-state index in [1.165, 1.54) is 21.3 Å². The van der Waals surface area contributed by atoms with Crippen LogP contribution in [0.2, 0.25) is 0 Å². The highest BCUT2D eigenvalue weighted by Gasteiger charge is 2.57. The predicted molar refractivity (Wildman–Crippen MR) is 171 cm³/mol. The minimum Gasteiger partial charge on any atom is -0.481 e. The Morgan fingerprint density at radius 1 is 1.26 bits per heavy atom. The van der Waals surface area contributed by atoms with E-state index in [2.05, 4.69) is 40.7 Å². The van der Waals surface area contributed by atoms with Crippen molar-refractivity contribution >= 4 is 69.8 Å². The number of aliphatic carboxylic acids is 1. The molecule has 0 radical (unpaired) electrons. The number of carboxylic acid groups (broad SMARTS) is 1. The van der Waals surface area contributed by atoms with Crippen LogP contribution in [0, 0.1) is 5.41 Å². The molecule has 250 valence electrons. The van der Waals surface area contributed by atoms with Gasteiger partial charge in [-0.05, 0) is 43.3 Å². The van der Waals surface area contributed by atoms with Gasteiger partial charge in [-0.15, -0.1) is 16.9 Å². The molecule has 47 heavy (non-hydrogen) atoms. The molecule has 3 amide bonds. The van der Waals surface area contributed by atoms with Gasteiger partial charge < -0.3 is 35.9 Å². The van der Waals surface area contributed by atoms with Crippen LogP contribution in [0.15, 0.2) is 40.6 Å². The van der Waals surface area contributed by atoms with Crippen molar-refractivity contribution in [3.63, 3.8) is 0 Å². The molecule has 2 unspecified atom stereocenters. The first-order valence-corrected chi connectivity index (χ1v) is 16.9. The van der Waals surface area contributed by atoms with E-state index >= 15 is 0 Å². The van der Waals surface area contributed by atoms with Crippen molar-refractivity contribution in [1.82, 2.24) is 45.1 Å². The van der Waals surface area contributed by atoms with E-state index in [-0.39, 0.29) is 47.8 Å². The second-order valence-electron chi connectivity index (χ2n) is 11.4. The second kappa shape index (κ2) is 14.1. The lowest BCUT2D eigenvalue weighted by Gasteiger charge is -2.53. The number of carboxylic acids is 1. The molecule has 3 aromatic rings. The van der Waals surface area contributed by atoms with Crippen molar-refractivity contribution in [2.45, 2.75) is 49.5 Å². The minimum atomic E-state index is -1.32. The van der Waals surface area contributed by atoms with Crippen molar-refractivity contribution in [3.05, 3.63) is 36.2 Å². The zero-order chi connectivity index (χ0) is 33.8. The number of alkyl carbamates (subject to hydrolysis) is 1.